The Morgan fingerprint density at radius 1 is 1.00 bits per heavy atom. The lowest BCUT2D eigenvalue weighted by molar-refractivity contribution is -0.141. The largest absolute Gasteiger partial charge is 0.497 e. The normalized spacial score (nSPS) is 15.6. The molecule has 3 aromatic rings. The van der Waals surface area contributed by atoms with E-state index in [1.807, 2.05) is 54.6 Å². The Hall–Kier alpha value is -3.73. The van der Waals surface area contributed by atoms with Gasteiger partial charge in [0.15, 0.2) is 0 Å². The Labute approximate surface area is 248 Å². The molecule has 0 radical (unpaired) electrons. The molecule has 3 aromatic carbocycles. The molecule has 0 bridgehead atoms. The summed E-state index contributed by atoms with van der Waals surface area (Å²) in [5.41, 5.74) is 2.39. The average molecular weight is 594 g/mol. The van der Waals surface area contributed by atoms with E-state index in [1.165, 1.54) is 12.1 Å². The van der Waals surface area contributed by atoms with Gasteiger partial charge in [-0.05, 0) is 60.2 Å². The first-order valence-electron chi connectivity index (χ1n) is 14.3. The second-order valence-corrected chi connectivity index (χ2v) is 12.0. The number of rotatable bonds is 14. The van der Waals surface area contributed by atoms with Crippen molar-refractivity contribution in [3.63, 3.8) is 0 Å². The van der Waals surface area contributed by atoms with E-state index in [-0.39, 0.29) is 35.8 Å². The van der Waals surface area contributed by atoms with Crippen molar-refractivity contribution in [2.24, 2.45) is 0 Å². The maximum Gasteiger partial charge on any atom is 0.247 e. The van der Waals surface area contributed by atoms with Crippen LogP contribution in [0.1, 0.15) is 48.9 Å². The van der Waals surface area contributed by atoms with Crippen LogP contribution in [0.25, 0.3) is 0 Å². The summed E-state index contributed by atoms with van der Waals surface area (Å²) in [4.78, 5) is 29.5. The number of amides is 2. The van der Waals surface area contributed by atoms with E-state index in [0.29, 0.717) is 37.4 Å². The predicted molar refractivity (Wildman–Crippen MR) is 160 cm³/mol. The summed E-state index contributed by atoms with van der Waals surface area (Å²) in [6.45, 7) is 3.31. The summed E-state index contributed by atoms with van der Waals surface area (Å²) in [6, 6.07) is 22.4. The van der Waals surface area contributed by atoms with E-state index in [4.69, 9.17) is 9.47 Å². The quantitative estimate of drug-likeness (QED) is 0.292. The lowest BCUT2D eigenvalue weighted by Crippen LogP contribution is -2.45. The Morgan fingerprint density at radius 2 is 1.69 bits per heavy atom. The molecule has 4 rings (SSSR count). The van der Waals surface area contributed by atoms with Crippen molar-refractivity contribution < 1.29 is 27.5 Å². The van der Waals surface area contributed by atoms with Crippen LogP contribution >= 0.6 is 0 Å². The summed E-state index contributed by atoms with van der Waals surface area (Å²) >= 11 is 0. The van der Waals surface area contributed by atoms with Crippen LogP contribution in [0.2, 0.25) is 0 Å². The summed E-state index contributed by atoms with van der Waals surface area (Å²) in [5.74, 6) is 0.234. The van der Waals surface area contributed by atoms with Crippen LogP contribution < -0.4 is 14.8 Å². The molecular weight excluding hydrogens is 554 g/mol. The first-order chi connectivity index (χ1) is 20.3. The second kappa shape index (κ2) is 14.9. The number of methoxy groups -OCH3 is 1. The fourth-order valence-electron chi connectivity index (χ4n) is 4.98. The molecule has 1 fully saturated rings. The fourth-order valence-corrected chi connectivity index (χ4v) is 6.02. The third-order valence-electron chi connectivity index (χ3n) is 7.23. The molecule has 1 heterocycles. The predicted octanol–water partition coefficient (Wildman–Crippen LogP) is 3.99. The number of aryl methyl sites for hydroxylation is 1. The fraction of sp³-hybridized carbons (Fsp3) is 0.375. The van der Waals surface area contributed by atoms with Crippen LogP contribution in [0.3, 0.4) is 0 Å². The van der Waals surface area contributed by atoms with E-state index in [2.05, 4.69) is 10.0 Å². The van der Waals surface area contributed by atoms with Crippen molar-refractivity contribution in [1.29, 1.82) is 0 Å². The van der Waals surface area contributed by atoms with Crippen molar-refractivity contribution >= 4 is 21.8 Å². The van der Waals surface area contributed by atoms with Crippen LogP contribution in [0.4, 0.5) is 0 Å². The summed E-state index contributed by atoms with van der Waals surface area (Å²) in [6.07, 6.45) is 2.35. The van der Waals surface area contributed by atoms with Crippen molar-refractivity contribution in [1.82, 2.24) is 14.9 Å². The minimum atomic E-state index is -3.56. The smallest absolute Gasteiger partial charge is 0.247 e. The molecule has 42 heavy (non-hydrogen) atoms. The molecule has 0 aromatic heterocycles. The zero-order valence-electron chi connectivity index (χ0n) is 24.1. The van der Waals surface area contributed by atoms with Gasteiger partial charge in [-0.25, -0.2) is 13.1 Å². The number of hydrogen-bond acceptors (Lipinski definition) is 6. The lowest BCUT2D eigenvalue weighted by Gasteiger charge is -2.32. The van der Waals surface area contributed by atoms with E-state index in [1.54, 1.807) is 31.1 Å². The molecule has 1 aliphatic heterocycles. The molecule has 0 unspecified atom stereocenters. The minimum Gasteiger partial charge on any atom is -0.497 e. The van der Waals surface area contributed by atoms with Gasteiger partial charge in [-0.3, -0.25) is 9.59 Å². The van der Waals surface area contributed by atoms with E-state index in [0.717, 1.165) is 24.0 Å². The highest BCUT2D eigenvalue weighted by molar-refractivity contribution is 7.89. The molecule has 2 N–H and O–H groups in total. The van der Waals surface area contributed by atoms with Gasteiger partial charge in [0.05, 0.1) is 18.1 Å². The van der Waals surface area contributed by atoms with Gasteiger partial charge in [0, 0.05) is 32.7 Å². The molecule has 224 valence electrons. The molecule has 2 amide bonds. The molecular formula is C32H39N3O6S. The lowest BCUT2D eigenvalue weighted by atomic mass is 10.0. The van der Waals surface area contributed by atoms with Crippen molar-refractivity contribution in [2.75, 3.05) is 26.8 Å². The van der Waals surface area contributed by atoms with Gasteiger partial charge in [0.25, 0.3) is 0 Å². The standard InChI is InChI=1S/C32H39N3O6S/c1-3-34-42(38,39)29-18-13-24(14-19-29)15-20-30(36)35(23-25-11-16-27(40-2)17-12-25)31(26-8-5-4-6-9-26)32(37)33-22-28-10-7-21-41-28/h4-6,8-9,11-14,16-19,28,31,34H,3,7,10,15,20-23H2,1-2H3,(H,33,37)/t28-,31-/m1/s1. The summed E-state index contributed by atoms with van der Waals surface area (Å²) in [7, 11) is -1.97. The number of carbonyl (C=O) groups excluding carboxylic acids is 2. The zero-order valence-corrected chi connectivity index (χ0v) is 24.9. The van der Waals surface area contributed by atoms with Crippen LogP contribution in [0.5, 0.6) is 5.75 Å². The maximum atomic E-state index is 13.9. The van der Waals surface area contributed by atoms with Gasteiger partial charge in [-0.15, -0.1) is 0 Å². The monoisotopic (exact) mass is 593 g/mol. The SMILES string of the molecule is CCNS(=O)(=O)c1ccc(CCC(=O)N(Cc2ccc(OC)cc2)[C@@H](C(=O)NC[C@H]2CCCO2)c2ccccc2)cc1. The van der Waals surface area contributed by atoms with Gasteiger partial charge in [-0.1, -0.05) is 61.5 Å². The van der Waals surface area contributed by atoms with Crippen LogP contribution in [-0.4, -0.2) is 58.0 Å². The van der Waals surface area contributed by atoms with Crippen LogP contribution in [0, 0.1) is 0 Å². The average Bonchev–Trinajstić information content (AvgIpc) is 3.53. The molecule has 10 heteroatoms. The van der Waals surface area contributed by atoms with Crippen molar-refractivity contribution in [3.05, 3.63) is 95.6 Å². The van der Waals surface area contributed by atoms with Gasteiger partial charge < -0.3 is 19.7 Å². The number of benzene rings is 3. The Morgan fingerprint density at radius 3 is 2.31 bits per heavy atom. The Bertz CT molecular complexity index is 1410. The highest BCUT2D eigenvalue weighted by atomic mass is 32.2. The maximum absolute atomic E-state index is 13.9. The first kappa shape index (κ1) is 31.2. The molecule has 1 saturated heterocycles. The summed E-state index contributed by atoms with van der Waals surface area (Å²) < 4.78 is 38.1. The van der Waals surface area contributed by atoms with Gasteiger partial charge in [0.1, 0.15) is 11.8 Å². The number of ether oxygens (including phenoxy) is 2. The van der Waals surface area contributed by atoms with Gasteiger partial charge in [-0.2, -0.15) is 0 Å². The third kappa shape index (κ3) is 8.40. The number of carbonyl (C=O) groups is 2. The number of nitrogens with one attached hydrogen (secondary N) is 2. The highest BCUT2D eigenvalue weighted by Gasteiger charge is 2.32. The van der Waals surface area contributed by atoms with E-state index >= 15 is 0 Å². The van der Waals surface area contributed by atoms with Gasteiger partial charge >= 0.3 is 0 Å². The molecule has 0 aliphatic carbocycles. The summed E-state index contributed by atoms with van der Waals surface area (Å²) in [5, 5.41) is 3.03. The molecule has 9 nitrogen and oxygen atoms in total. The van der Waals surface area contributed by atoms with E-state index in [9.17, 15) is 18.0 Å². The molecule has 1 aliphatic rings. The number of hydrogen-bond donors (Lipinski definition) is 2. The third-order valence-corrected chi connectivity index (χ3v) is 8.79. The molecule has 2 atom stereocenters. The zero-order chi connectivity index (χ0) is 30.0. The molecule has 0 spiro atoms. The minimum absolute atomic E-state index is 0.0320. The number of sulfonamides is 1. The first-order valence-corrected chi connectivity index (χ1v) is 15.7. The Balaban J connectivity index is 1.57. The van der Waals surface area contributed by atoms with Gasteiger partial charge in [0.2, 0.25) is 21.8 Å². The number of nitrogens with zero attached hydrogens (tertiary/aromatic N) is 1. The second-order valence-electron chi connectivity index (χ2n) is 10.2. The molecule has 0 saturated carbocycles. The van der Waals surface area contributed by atoms with E-state index < -0.39 is 16.1 Å². The van der Waals surface area contributed by atoms with Crippen molar-refractivity contribution in [2.45, 2.75) is 56.2 Å². The van der Waals surface area contributed by atoms with Crippen molar-refractivity contribution in [3.8, 4) is 5.75 Å². The Kier molecular flexibility index (Phi) is 11.1. The van der Waals surface area contributed by atoms with Crippen LogP contribution in [-0.2, 0) is 37.3 Å². The van der Waals surface area contributed by atoms with Crippen LogP contribution in [0.15, 0.2) is 83.8 Å². The topological polar surface area (TPSA) is 114 Å². The highest BCUT2D eigenvalue weighted by Crippen LogP contribution is 2.26.